The van der Waals surface area contributed by atoms with Crippen LogP contribution in [0.25, 0.3) is 0 Å². The molecule has 2 aromatic carbocycles. The van der Waals surface area contributed by atoms with Gasteiger partial charge in [-0.15, -0.1) is 0 Å². The lowest BCUT2D eigenvalue weighted by molar-refractivity contribution is -0.127. The Kier molecular flexibility index (Phi) is 4.02. The number of hydrogen-bond donors (Lipinski definition) is 1. The van der Waals surface area contributed by atoms with Crippen molar-refractivity contribution in [1.29, 1.82) is 0 Å². The van der Waals surface area contributed by atoms with Gasteiger partial charge in [0, 0.05) is 5.69 Å². The Bertz CT molecular complexity index is 757. The predicted molar refractivity (Wildman–Crippen MR) is 88.7 cm³/mol. The second-order valence-electron chi connectivity index (χ2n) is 5.57. The molecule has 23 heavy (non-hydrogen) atoms. The molecule has 1 aliphatic rings. The molecule has 1 aliphatic heterocycles. The van der Waals surface area contributed by atoms with Crippen molar-refractivity contribution in [3.8, 4) is 5.75 Å². The number of carbonyl (C=O) groups excluding carboxylic acids is 2. The SMILES string of the molecule is Cc1cccc(NC(=O)CN2C(=O)C(C)Oc3ccccc32)c1. The van der Waals surface area contributed by atoms with Crippen molar-refractivity contribution in [3.63, 3.8) is 0 Å². The van der Waals surface area contributed by atoms with Crippen LogP contribution in [0.4, 0.5) is 11.4 Å². The third-order valence-corrected chi connectivity index (χ3v) is 3.68. The Morgan fingerprint density at radius 1 is 1.22 bits per heavy atom. The number of aryl methyl sites for hydroxylation is 1. The van der Waals surface area contributed by atoms with Gasteiger partial charge in [-0.25, -0.2) is 0 Å². The van der Waals surface area contributed by atoms with Crippen LogP contribution in [-0.4, -0.2) is 24.5 Å². The molecule has 5 nitrogen and oxygen atoms in total. The fourth-order valence-electron chi connectivity index (χ4n) is 2.59. The maximum atomic E-state index is 12.4. The number of carbonyl (C=O) groups is 2. The summed E-state index contributed by atoms with van der Waals surface area (Å²) in [6.07, 6.45) is -0.600. The number of ether oxygens (including phenoxy) is 1. The molecule has 2 aromatic rings. The average Bonchev–Trinajstić information content (AvgIpc) is 2.52. The highest BCUT2D eigenvalue weighted by molar-refractivity contribution is 6.06. The Balaban J connectivity index is 1.78. The van der Waals surface area contributed by atoms with Crippen molar-refractivity contribution >= 4 is 23.2 Å². The van der Waals surface area contributed by atoms with E-state index in [1.165, 1.54) is 4.90 Å². The number of para-hydroxylation sites is 2. The molecule has 0 saturated heterocycles. The maximum absolute atomic E-state index is 12.4. The minimum absolute atomic E-state index is 0.0442. The quantitative estimate of drug-likeness (QED) is 0.948. The maximum Gasteiger partial charge on any atom is 0.268 e. The van der Waals surface area contributed by atoms with Crippen molar-refractivity contribution in [3.05, 3.63) is 54.1 Å². The molecule has 118 valence electrons. The predicted octanol–water partition coefficient (Wildman–Crippen LogP) is 2.75. The van der Waals surface area contributed by atoms with Crippen molar-refractivity contribution in [2.24, 2.45) is 0 Å². The summed E-state index contributed by atoms with van der Waals surface area (Å²) in [4.78, 5) is 26.1. The second kappa shape index (κ2) is 6.12. The second-order valence-corrected chi connectivity index (χ2v) is 5.57. The Labute approximate surface area is 134 Å². The van der Waals surface area contributed by atoms with Crippen LogP contribution < -0.4 is 15.0 Å². The molecule has 2 amide bonds. The van der Waals surface area contributed by atoms with E-state index in [0.29, 0.717) is 11.4 Å². The fraction of sp³-hybridized carbons (Fsp3) is 0.222. The van der Waals surface area contributed by atoms with Gasteiger partial charge in [-0.05, 0) is 43.7 Å². The molecule has 1 atom stereocenters. The van der Waals surface area contributed by atoms with E-state index < -0.39 is 6.10 Å². The van der Waals surface area contributed by atoms with Crippen LogP contribution in [0.1, 0.15) is 12.5 Å². The van der Waals surface area contributed by atoms with Crippen molar-refractivity contribution in [2.45, 2.75) is 20.0 Å². The average molecular weight is 310 g/mol. The minimum atomic E-state index is -0.600. The molecule has 3 rings (SSSR count). The van der Waals surface area contributed by atoms with E-state index in [1.54, 1.807) is 19.1 Å². The van der Waals surface area contributed by atoms with E-state index >= 15 is 0 Å². The topological polar surface area (TPSA) is 58.6 Å². The van der Waals surface area contributed by atoms with Crippen LogP contribution in [0, 0.1) is 6.92 Å². The first-order valence-electron chi connectivity index (χ1n) is 7.48. The number of nitrogens with one attached hydrogen (secondary N) is 1. The Hall–Kier alpha value is -2.82. The van der Waals surface area contributed by atoms with E-state index in [0.717, 1.165) is 11.3 Å². The highest BCUT2D eigenvalue weighted by atomic mass is 16.5. The number of amides is 2. The van der Waals surface area contributed by atoms with Crippen LogP contribution in [0.5, 0.6) is 5.75 Å². The highest BCUT2D eigenvalue weighted by Crippen LogP contribution is 2.33. The van der Waals surface area contributed by atoms with Gasteiger partial charge in [-0.3, -0.25) is 14.5 Å². The number of nitrogens with zero attached hydrogens (tertiary/aromatic N) is 1. The first kappa shape index (κ1) is 15.1. The van der Waals surface area contributed by atoms with Crippen LogP contribution in [0.2, 0.25) is 0 Å². The fourth-order valence-corrected chi connectivity index (χ4v) is 2.59. The van der Waals surface area contributed by atoms with E-state index in [1.807, 2.05) is 43.3 Å². The van der Waals surface area contributed by atoms with Gasteiger partial charge in [-0.1, -0.05) is 24.3 Å². The molecule has 1 unspecified atom stereocenters. The van der Waals surface area contributed by atoms with Gasteiger partial charge in [0.15, 0.2) is 6.10 Å². The molecule has 0 saturated carbocycles. The molecule has 5 heteroatoms. The first-order valence-corrected chi connectivity index (χ1v) is 7.48. The number of fused-ring (bicyclic) bond motifs is 1. The molecule has 0 radical (unpaired) electrons. The molecular formula is C18H18N2O3. The largest absolute Gasteiger partial charge is 0.479 e. The first-order chi connectivity index (χ1) is 11.0. The van der Waals surface area contributed by atoms with Crippen LogP contribution in [0.3, 0.4) is 0 Å². The minimum Gasteiger partial charge on any atom is -0.479 e. The Morgan fingerprint density at radius 2 is 2.00 bits per heavy atom. The summed E-state index contributed by atoms with van der Waals surface area (Å²) >= 11 is 0. The smallest absolute Gasteiger partial charge is 0.268 e. The lowest BCUT2D eigenvalue weighted by atomic mass is 10.2. The van der Waals surface area contributed by atoms with Gasteiger partial charge < -0.3 is 10.1 Å². The van der Waals surface area contributed by atoms with Gasteiger partial charge in [0.25, 0.3) is 5.91 Å². The van der Waals surface area contributed by atoms with Crippen molar-refractivity contribution < 1.29 is 14.3 Å². The Morgan fingerprint density at radius 3 is 2.78 bits per heavy atom. The van der Waals surface area contributed by atoms with E-state index in [-0.39, 0.29) is 18.4 Å². The van der Waals surface area contributed by atoms with Crippen molar-refractivity contribution in [1.82, 2.24) is 0 Å². The number of anilines is 2. The third kappa shape index (κ3) is 3.18. The van der Waals surface area contributed by atoms with Gasteiger partial charge in [0.2, 0.25) is 5.91 Å². The number of benzene rings is 2. The summed E-state index contributed by atoms with van der Waals surface area (Å²) in [6.45, 7) is 3.60. The zero-order valence-corrected chi connectivity index (χ0v) is 13.1. The monoisotopic (exact) mass is 310 g/mol. The van der Waals surface area contributed by atoms with Crippen LogP contribution in [-0.2, 0) is 9.59 Å². The highest BCUT2D eigenvalue weighted by Gasteiger charge is 2.32. The number of hydrogen-bond acceptors (Lipinski definition) is 3. The summed E-state index contributed by atoms with van der Waals surface area (Å²) < 4.78 is 5.57. The molecule has 1 heterocycles. The molecule has 0 fully saturated rings. The molecule has 0 bridgehead atoms. The summed E-state index contributed by atoms with van der Waals surface area (Å²) in [5, 5.41) is 2.82. The van der Waals surface area contributed by atoms with Gasteiger partial charge >= 0.3 is 0 Å². The van der Waals surface area contributed by atoms with Crippen molar-refractivity contribution in [2.75, 3.05) is 16.8 Å². The molecule has 0 aliphatic carbocycles. The van der Waals surface area contributed by atoms with Crippen LogP contribution >= 0.6 is 0 Å². The van der Waals surface area contributed by atoms with Gasteiger partial charge in [0.1, 0.15) is 12.3 Å². The number of rotatable bonds is 3. The standard InChI is InChI=1S/C18H18N2O3/c1-12-6-5-7-14(10-12)19-17(21)11-20-15-8-3-4-9-16(15)23-13(2)18(20)22/h3-10,13H,11H2,1-2H3,(H,19,21). The zero-order chi connectivity index (χ0) is 16.4. The molecule has 0 aromatic heterocycles. The normalized spacial score (nSPS) is 16.5. The van der Waals surface area contributed by atoms with Gasteiger partial charge in [-0.2, -0.15) is 0 Å². The molecular weight excluding hydrogens is 292 g/mol. The summed E-state index contributed by atoms with van der Waals surface area (Å²) in [5.41, 5.74) is 2.40. The zero-order valence-electron chi connectivity index (χ0n) is 13.1. The summed E-state index contributed by atoms with van der Waals surface area (Å²) in [6, 6.07) is 14.8. The van der Waals surface area contributed by atoms with E-state index in [9.17, 15) is 9.59 Å². The molecule has 1 N–H and O–H groups in total. The molecule has 0 spiro atoms. The van der Waals surface area contributed by atoms with Crippen LogP contribution in [0.15, 0.2) is 48.5 Å². The lowest BCUT2D eigenvalue weighted by Crippen LogP contribution is -2.47. The van der Waals surface area contributed by atoms with E-state index in [4.69, 9.17) is 4.74 Å². The summed E-state index contributed by atoms with van der Waals surface area (Å²) in [7, 11) is 0. The van der Waals surface area contributed by atoms with E-state index in [2.05, 4.69) is 5.32 Å². The lowest BCUT2D eigenvalue weighted by Gasteiger charge is -2.32. The summed E-state index contributed by atoms with van der Waals surface area (Å²) in [5.74, 6) is 0.152. The van der Waals surface area contributed by atoms with Gasteiger partial charge in [0.05, 0.1) is 5.69 Å². The third-order valence-electron chi connectivity index (χ3n) is 3.68.